The molecule has 1 saturated heterocycles. The van der Waals surface area contributed by atoms with Crippen LogP contribution in [0.25, 0.3) is 0 Å². The fraction of sp³-hybridized carbons (Fsp3) is 0.333. The van der Waals surface area contributed by atoms with Gasteiger partial charge in [0.2, 0.25) is 5.91 Å². The van der Waals surface area contributed by atoms with Crippen LogP contribution in [0.15, 0.2) is 48.5 Å². The highest BCUT2D eigenvalue weighted by atomic mass is 35.5. The Kier molecular flexibility index (Phi) is 6.45. The van der Waals surface area contributed by atoms with Crippen LogP contribution >= 0.6 is 23.2 Å². The largest absolute Gasteiger partial charge is 0.481 e. The molecule has 30 heavy (non-hydrogen) atoms. The van der Waals surface area contributed by atoms with Gasteiger partial charge in [-0.3, -0.25) is 9.59 Å². The molecule has 2 aromatic carbocycles. The lowest BCUT2D eigenvalue weighted by Crippen LogP contribution is -2.57. The molecule has 0 bridgehead atoms. The number of carboxylic acids is 1. The molecule has 1 fully saturated rings. The summed E-state index contributed by atoms with van der Waals surface area (Å²) >= 11 is 12.1. The van der Waals surface area contributed by atoms with Crippen molar-refractivity contribution in [2.75, 3.05) is 0 Å². The van der Waals surface area contributed by atoms with Crippen LogP contribution in [0.2, 0.25) is 10.0 Å². The molecule has 1 amide bonds. The van der Waals surface area contributed by atoms with E-state index in [4.69, 9.17) is 23.2 Å². The number of aliphatic carboxylic acids is 1. The van der Waals surface area contributed by atoms with Crippen LogP contribution in [0.5, 0.6) is 0 Å². The molecular weight excluding hydrogens is 449 g/mol. The zero-order valence-electron chi connectivity index (χ0n) is 16.3. The van der Waals surface area contributed by atoms with Gasteiger partial charge in [0.15, 0.2) is 15.1 Å². The SMILES string of the molecule is CC(C)N1C(=O)C(CC(=O)O)S(=O)(=O)C(c2cccc(Cl)c2)C1c1ccc(Cl)cc1. The van der Waals surface area contributed by atoms with Crippen LogP contribution in [0.3, 0.4) is 0 Å². The summed E-state index contributed by atoms with van der Waals surface area (Å²) in [6, 6.07) is 11.8. The third kappa shape index (κ3) is 4.19. The second kappa shape index (κ2) is 8.57. The normalized spacial score (nSPS) is 23.6. The summed E-state index contributed by atoms with van der Waals surface area (Å²) in [5, 5.41) is 7.25. The number of sulfone groups is 1. The van der Waals surface area contributed by atoms with Gasteiger partial charge >= 0.3 is 5.97 Å². The minimum absolute atomic E-state index is 0.348. The molecule has 9 heteroatoms. The summed E-state index contributed by atoms with van der Waals surface area (Å²) in [5.41, 5.74) is 0.986. The van der Waals surface area contributed by atoms with Crippen molar-refractivity contribution >= 4 is 44.9 Å². The third-order valence-corrected chi connectivity index (χ3v) is 8.06. The van der Waals surface area contributed by atoms with Gasteiger partial charge in [0.25, 0.3) is 0 Å². The maximum Gasteiger partial charge on any atom is 0.305 e. The molecule has 0 aliphatic carbocycles. The maximum absolute atomic E-state index is 13.6. The van der Waals surface area contributed by atoms with Crippen molar-refractivity contribution in [1.29, 1.82) is 0 Å². The molecule has 0 aromatic heterocycles. The van der Waals surface area contributed by atoms with E-state index in [1.165, 1.54) is 4.90 Å². The molecule has 3 rings (SSSR count). The number of rotatable bonds is 5. The van der Waals surface area contributed by atoms with Crippen LogP contribution in [-0.2, 0) is 19.4 Å². The monoisotopic (exact) mass is 469 g/mol. The number of carboxylic acid groups (broad SMARTS) is 1. The molecule has 1 N–H and O–H groups in total. The van der Waals surface area contributed by atoms with Gasteiger partial charge in [0.05, 0.1) is 12.5 Å². The van der Waals surface area contributed by atoms with Crippen LogP contribution < -0.4 is 0 Å². The summed E-state index contributed by atoms with van der Waals surface area (Å²) in [6.45, 7) is 3.54. The lowest BCUT2D eigenvalue weighted by atomic mass is 9.94. The molecule has 0 saturated carbocycles. The summed E-state index contributed by atoms with van der Waals surface area (Å²) in [6.07, 6.45) is -0.797. The average molecular weight is 470 g/mol. The molecule has 2 aromatic rings. The van der Waals surface area contributed by atoms with Crippen LogP contribution in [0, 0.1) is 0 Å². The number of halogens is 2. The van der Waals surface area contributed by atoms with Crippen molar-refractivity contribution in [1.82, 2.24) is 4.90 Å². The quantitative estimate of drug-likeness (QED) is 0.704. The fourth-order valence-electron chi connectivity index (χ4n) is 3.94. The van der Waals surface area contributed by atoms with E-state index in [9.17, 15) is 23.1 Å². The van der Waals surface area contributed by atoms with E-state index < -0.39 is 44.7 Å². The molecule has 0 spiro atoms. The Morgan fingerprint density at radius 2 is 1.70 bits per heavy atom. The lowest BCUT2D eigenvalue weighted by molar-refractivity contribution is -0.143. The number of carbonyl (C=O) groups excluding carboxylic acids is 1. The Balaban J connectivity index is 2.30. The van der Waals surface area contributed by atoms with E-state index in [0.29, 0.717) is 21.2 Å². The van der Waals surface area contributed by atoms with Gasteiger partial charge in [0, 0.05) is 16.1 Å². The molecule has 1 aliphatic rings. The first-order chi connectivity index (χ1) is 14.0. The zero-order valence-corrected chi connectivity index (χ0v) is 18.7. The van der Waals surface area contributed by atoms with E-state index in [2.05, 4.69) is 0 Å². The topological polar surface area (TPSA) is 91.8 Å². The van der Waals surface area contributed by atoms with E-state index in [1.807, 2.05) is 0 Å². The van der Waals surface area contributed by atoms with E-state index in [0.717, 1.165) is 0 Å². The Bertz CT molecular complexity index is 1070. The van der Waals surface area contributed by atoms with Crippen LogP contribution in [-0.4, -0.2) is 41.6 Å². The number of hydrogen-bond acceptors (Lipinski definition) is 4. The lowest BCUT2D eigenvalue weighted by Gasteiger charge is -2.46. The summed E-state index contributed by atoms with van der Waals surface area (Å²) < 4.78 is 27.2. The van der Waals surface area contributed by atoms with Gasteiger partial charge in [-0.05, 0) is 49.2 Å². The van der Waals surface area contributed by atoms with Crippen molar-refractivity contribution in [2.24, 2.45) is 0 Å². The van der Waals surface area contributed by atoms with E-state index >= 15 is 0 Å². The first-order valence-corrected chi connectivity index (χ1v) is 11.7. The number of amides is 1. The second-order valence-electron chi connectivity index (χ2n) is 7.49. The standard InChI is InChI=1S/C21H21Cl2NO5S/c1-12(2)24-19(13-6-8-15(22)9-7-13)20(14-4-3-5-16(23)10-14)30(28,29)17(21(24)27)11-18(25)26/h3-10,12,17,19-20H,11H2,1-2H3,(H,25,26). The molecule has 160 valence electrons. The number of nitrogens with zero attached hydrogens (tertiary/aromatic N) is 1. The first-order valence-electron chi connectivity index (χ1n) is 9.31. The molecule has 3 atom stereocenters. The smallest absolute Gasteiger partial charge is 0.305 e. The zero-order chi connectivity index (χ0) is 22.2. The minimum atomic E-state index is -4.22. The number of hydrogen-bond donors (Lipinski definition) is 1. The molecule has 0 radical (unpaired) electrons. The molecular formula is C21H21Cl2NO5S. The van der Waals surface area contributed by atoms with Gasteiger partial charge < -0.3 is 10.0 Å². The van der Waals surface area contributed by atoms with E-state index in [-0.39, 0.29) is 6.04 Å². The molecule has 3 unspecified atom stereocenters. The highest BCUT2D eigenvalue weighted by Crippen LogP contribution is 2.47. The Hall–Kier alpha value is -2.09. The van der Waals surface area contributed by atoms with Crippen molar-refractivity contribution in [3.63, 3.8) is 0 Å². The highest BCUT2D eigenvalue weighted by Gasteiger charge is 2.54. The third-order valence-electron chi connectivity index (χ3n) is 5.17. The Morgan fingerprint density at radius 3 is 2.23 bits per heavy atom. The fourth-order valence-corrected chi connectivity index (χ4v) is 6.56. The molecule has 1 heterocycles. The average Bonchev–Trinajstić information content (AvgIpc) is 2.64. The van der Waals surface area contributed by atoms with Crippen molar-refractivity contribution in [3.8, 4) is 0 Å². The van der Waals surface area contributed by atoms with Crippen molar-refractivity contribution in [2.45, 2.75) is 42.9 Å². The van der Waals surface area contributed by atoms with Crippen molar-refractivity contribution in [3.05, 3.63) is 69.7 Å². The molecule has 1 aliphatic heterocycles. The van der Waals surface area contributed by atoms with Gasteiger partial charge in [-0.1, -0.05) is 47.5 Å². The summed E-state index contributed by atoms with van der Waals surface area (Å²) in [5.74, 6) is -2.07. The number of benzene rings is 2. The molecule has 6 nitrogen and oxygen atoms in total. The number of carbonyl (C=O) groups is 2. The Morgan fingerprint density at radius 1 is 1.07 bits per heavy atom. The highest BCUT2D eigenvalue weighted by molar-refractivity contribution is 7.93. The summed E-state index contributed by atoms with van der Waals surface area (Å²) in [4.78, 5) is 26.1. The van der Waals surface area contributed by atoms with Crippen molar-refractivity contribution < 1.29 is 23.1 Å². The predicted molar refractivity (Wildman–Crippen MR) is 115 cm³/mol. The maximum atomic E-state index is 13.6. The first kappa shape index (κ1) is 22.6. The van der Waals surface area contributed by atoms with Gasteiger partial charge in [0.1, 0.15) is 5.25 Å². The van der Waals surface area contributed by atoms with Gasteiger partial charge in [-0.2, -0.15) is 0 Å². The predicted octanol–water partition coefficient (Wildman–Crippen LogP) is 4.28. The van der Waals surface area contributed by atoms with Gasteiger partial charge in [-0.25, -0.2) is 8.42 Å². The van der Waals surface area contributed by atoms with Gasteiger partial charge in [-0.15, -0.1) is 0 Å². The van der Waals surface area contributed by atoms with Crippen LogP contribution in [0.1, 0.15) is 42.7 Å². The Labute approximate surface area is 185 Å². The summed E-state index contributed by atoms with van der Waals surface area (Å²) in [7, 11) is -4.22. The van der Waals surface area contributed by atoms with E-state index in [1.54, 1.807) is 62.4 Å². The second-order valence-corrected chi connectivity index (χ2v) is 10.6. The minimum Gasteiger partial charge on any atom is -0.481 e. The van der Waals surface area contributed by atoms with Crippen LogP contribution in [0.4, 0.5) is 0 Å².